The molecule has 2 aromatic rings. The number of hydrogen-bond donors (Lipinski definition) is 0. The van der Waals surface area contributed by atoms with Gasteiger partial charge >= 0.3 is 0 Å². The van der Waals surface area contributed by atoms with Crippen molar-refractivity contribution in [3.8, 4) is 9.88 Å². The third kappa shape index (κ3) is 4.43. The Kier molecular flexibility index (Phi) is 5.94. The highest BCUT2D eigenvalue weighted by atomic mass is 79.9. The van der Waals surface area contributed by atoms with E-state index in [0.29, 0.717) is 44.2 Å². The molecule has 27 heavy (non-hydrogen) atoms. The molecule has 5 nitrogen and oxygen atoms in total. The van der Waals surface area contributed by atoms with Gasteiger partial charge in [-0.05, 0) is 40.8 Å². The van der Waals surface area contributed by atoms with E-state index in [9.17, 15) is 9.59 Å². The molecule has 2 fully saturated rings. The van der Waals surface area contributed by atoms with Gasteiger partial charge in [-0.2, -0.15) is 0 Å². The minimum Gasteiger partial charge on any atom is -0.339 e. The average molecular weight is 468 g/mol. The first kappa shape index (κ1) is 19.1. The van der Waals surface area contributed by atoms with Crippen LogP contribution in [0.3, 0.4) is 0 Å². The van der Waals surface area contributed by atoms with Gasteiger partial charge in [-0.3, -0.25) is 9.59 Å². The number of piperazine rings is 1. The van der Waals surface area contributed by atoms with E-state index in [1.807, 2.05) is 26.6 Å². The molecule has 0 spiro atoms. The molecule has 0 atom stereocenters. The smallest absolute Gasteiger partial charge is 0.273 e. The van der Waals surface area contributed by atoms with Crippen LogP contribution in [0, 0.1) is 5.92 Å². The summed E-state index contributed by atoms with van der Waals surface area (Å²) in [6.45, 7) is 2.44. The maximum Gasteiger partial charge on any atom is 0.273 e. The molecule has 144 valence electrons. The van der Waals surface area contributed by atoms with Gasteiger partial charge in [0.15, 0.2) is 0 Å². The van der Waals surface area contributed by atoms with E-state index in [-0.39, 0.29) is 11.8 Å². The van der Waals surface area contributed by atoms with Crippen LogP contribution in [0.4, 0.5) is 0 Å². The van der Waals surface area contributed by atoms with Crippen molar-refractivity contribution in [1.82, 2.24) is 14.8 Å². The first-order chi connectivity index (χ1) is 13.1. The standard InChI is InChI=1S/C19H22BrN3O2S2/c20-14-10-16(26-11-14)18-21-15(12-27-18)19(25)23-7-5-22(6-8-23)17(24)9-13-3-1-2-4-13/h10-13H,1-9H2. The van der Waals surface area contributed by atoms with Crippen molar-refractivity contribution in [2.24, 2.45) is 5.92 Å². The fraction of sp³-hybridized carbons (Fsp3) is 0.526. The zero-order valence-electron chi connectivity index (χ0n) is 15.0. The van der Waals surface area contributed by atoms with Gasteiger partial charge in [-0.15, -0.1) is 22.7 Å². The first-order valence-corrected chi connectivity index (χ1v) is 11.9. The molecule has 0 radical (unpaired) electrons. The Balaban J connectivity index is 1.32. The molecular weight excluding hydrogens is 446 g/mol. The fourth-order valence-electron chi connectivity index (χ4n) is 3.82. The molecular formula is C19H22BrN3O2S2. The van der Waals surface area contributed by atoms with E-state index < -0.39 is 0 Å². The number of thiazole rings is 1. The van der Waals surface area contributed by atoms with Crippen LogP contribution in [0.15, 0.2) is 21.3 Å². The third-order valence-electron chi connectivity index (χ3n) is 5.36. The second-order valence-corrected chi connectivity index (χ2v) is 9.88. The summed E-state index contributed by atoms with van der Waals surface area (Å²) in [5, 5.41) is 4.72. The number of thiophene rings is 1. The number of carbonyl (C=O) groups is 2. The summed E-state index contributed by atoms with van der Waals surface area (Å²) >= 11 is 6.56. The predicted molar refractivity (Wildman–Crippen MR) is 112 cm³/mol. The zero-order valence-corrected chi connectivity index (χ0v) is 18.2. The first-order valence-electron chi connectivity index (χ1n) is 9.37. The molecule has 1 aliphatic heterocycles. The van der Waals surface area contributed by atoms with Gasteiger partial charge in [0.05, 0.1) is 4.88 Å². The topological polar surface area (TPSA) is 53.5 Å². The van der Waals surface area contributed by atoms with Gasteiger partial charge in [0.25, 0.3) is 5.91 Å². The number of nitrogens with zero attached hydrogens (tertiary/aromatic N) is 3. The average Bonchev–Trinajstić information content (AvgIpc) is 3.42. The summed E-state index contributed by atoms with van der Waals surface area (Å²) in [4.78, 5) is 34.6. The lowest BCUT2D eigenvalue weighted by Gasteiger charge is -2.35. The van der Waals surface area contributed by atoms with Crippen LogP contribution < -0.4 is 0 Å². The second-order valence-electron chi connectivity index (χ2n) is 7.19. The Hall–Kier alpha value is -1.25. The minimum absolute atomic E-state index is 0.0315. The van der Waals surface area contributed by atoms with Crippen LogP contribution in [-0.2, 0) is 4.79 Å². The summed E-state index contributed by atoms with van der Waals surface area (Å²) in [6, 6.07) is 2.02. The third-order valence-corrected chi connectivity index (χ3v) is 8.06. The van der Waals surface area contributed by atoms with Gasteiger partial charge in [0, 0.05) is 47.8 Å². The van der Waals surface area contributed by atoms with Crippen molar-refractivity contribution < 1.29 is 9.59 Å². The van der Waals surface area contributed by atoms with Gasteiger partial charge < -0.3 is 9.80 Å². The van der Waals surface area contributed by atoms with Crippen molar-refractivity contribution in [3.05, 3.63) is 27.0 Å². The SMILES string of the molecule is O=C(CC1CCCC1)N1CCN(C(=O)c2csc(-c3cc(Br)cs3)n2)CC1. The second kappa shape index (κ2) is 8.41. The number of aromatic nitrogens is 1. The molecule has 0 aromatic carbocycles. The summed E-state index contributed by atoms with van der Waals surface area (Å²) in [6.07, 6.45) is 5.59. The molecule has 0 N–H and O–H groups in total. The molecule has 2 amide bonds. The summed E-state index contributed by atoms with van der Waals surface area (Å²) in [7, 11) is 0. The number of hydrogen-bond acceptors (Lipinski definition) is 5. The summed E-state index contributed by atoms with van der Waals surface area (Å²) in [5.41, 5.74) is 0.505. The van der Waals surface area contributed by atoms with E-state index in [4.69, 9.17) is 0 Å². The van der Waals surface area contributed by atoms with E-state index in [1.54, 1.807) is 11.3 Å². The van der Waals surface area contributed by atoms with Gasteiger partial charge in [0.1, 0.15) is 10.7 Å². The molecule has 1 saturated carbocycles. The van der Waals surface area contributed by atoms with E-state index in [0.717, 1.165) is 14.4 Å². The van der Waals surface area contributed by atoms with E-state index in [2.05, 4.69) is 20.9 Å². The zero-order chi connectivity index (χ0) is 18.8. The van der Waals surface area contributed by atoms with Crippen LogP contribution in [0.25, 0.3) is 9.88 Å². The number of halogens is 1. The van der Waals surface area contributed by atoms with Crippen molar-refractivity contribution in [2.75, 3.05) is 26.2 Å². The molecule has 8 heteroatoms. The maximum atomic E-state index is 12.8. The number of carbonyl (C=O) groups excluding carboxylic acids is 2. The molecule has 4 rings (SSSR count). The lowest BCUT2D eigenvalue weighted by molar-refractivity contribution is -0.133. The Labute approximate surface area is 175 Å². The lowest BCUT2D eigenvalue weighted by Crippen LogP contribution is -2.50. The molecule has 2 aliphatic rings. The van der Waals surface area contributed by atoms with E-state index >= 15 is 0 Å². The van der Waals surface area contributed by atoms with Crippen LogP contribution in [-0.4, -0.2) is 52.8 Å². The molecule has 0 unspecified atom stereocenters. The van der Waals surface area contributed by atoms with Gasteiger partial charge in [-0.25, -0.2) is 4.98 Å². The highest BCUT2D eigenvalue weighted by molar-refractivity contribution is 9.10. The van der Waals surface area contributed by atoms with Crippen molar-refractivity contribution >= 4 is 50.4 Å². The molecule has 0 bridgehead atoms. The largest absolute Gasteiger partial charge is 0.339 e. The van der Waals surface area contributed by atoms with Crippen LogP contribution >= 0.6 is 38.6 Å². The Bertz CT molecular complexity index is 821. The molecule has 2 aromatic heterocycles. The fourth-order valence-corrected chi connectivity index (χ4v) is 6.12. The summed E-state index contributed by atoms with van der Waals surface area (Å²) in [5.74, 6) is 0.798. The monoisotopic (exact) mass is 467 g/mol. The van der Waals surface area contributed by atoms with E-state index in [1.165, 1.54) is 37.0 Å². The minimum atomic E-state index is -0.0315. The van der Waals surface area contributed by atoms with Crippen LogP contribution in [0.2, 0.25) is 0 Å². The predicted octanol–water partition coefficient (Wildman–Crippen LogP) is 4.50. The van der Waals surface area contributed by atoms with Crippen LogP contribution in [0.5, 0.6) is 0 Å². The molecule has 1 aliphatic carbocycles. The number of rotatable bonds is 4. The van der Waals surface area contributed by atoms with Crippen molar-refractivity contribution in [3.63, 3.8) is 0 Å². The van der Waals surface area contributed by atoms with Crippen molar-refractivity contribution in [1.29, 1.82) is 0 Å². The highest BCUT2D eigenvalue weighted by Gasteiger charge is 2.28. The van der Waals surface area contributed by atoms with Crippen LogP contribution in [0.1, 0.15) is 42.6 Å². The normalized spacial score (nSPS) is 18.3. The quantitative estimate of drug-likeness (QED) is 0.664. The Morgan fingerprint density at radius 3 is 2.44 bits per heavy atom. The van der Waals surface area contributed by atoms with Gasteiger partial charge in [0.2, 0.25) is 5.91 Å². The Morgan fingerprint density at radius 2 is 1.78 bits per heavy atom. The van der Waals surface area contributed by atoms with Crippen molar-refractivity contribution in [2.45, 2.75) is 32.1 Å². The number of amides is 2. The van der Waals surface area contributed by atoms with Gasteiger partial charge in [-0.1, -0.05) is 12.8 Å². The molecule has 1 saturated heterocycles. The maximum absolute atomic E-state index is 12.8. The Morgan fingerprint density at radius 1 is 1.07 bits per heavy atom. The highest BCUT2D eigenvalue weighted by Crippen LogP contribution is 2.32. The lowest BCUT2D eigenvalue weighted by atomic mass is 10.0. The summed E-state index contributed by atoms with van der Waals surface area (Å²) < 4.78 is 1.03. The molecule has 3 heterocycles.